The normalized spacial score (nSPS) is 11.3. The van der Waals surface area contributed by atoms with E-state index < -0.39 is 0 Å². The van der Waals surface area contributed by atoms with Crippen molar-refractivity contribution in [1.82, 2.24) is 9.97 Å². The van der Waals surface area contributed by atoms with Gasteiger partial charge in [0.15, 0.2) is 0 Å². The van der Waals surface area contributed by atoms with Gasteiger partial charge in [0.25, 0.3) is 0 Å². The van der Waals surface area contributed by atoms with Gasteiger partial charge in [-0.25, -0.2) is 9.97 Å². The minimum atomic E-state index is -0.123. The molecule has 0 aliphatic heterocycles. The number of anilines is 3. The molecule has 1 aromatic heterocycles. The molecule has 0 fully saturated rings. The number of hydrogen-bond donors (Lipinski definition) is 2. The van der Waals surface area contributed by atoms with E-state index in [2.05, 4.69) is 41.4 Å². The molecule has 1 aromatic carbocycles. The molecule has 2 N–H and O–H groups in total. The predicted octanol–water partition coefficient (Wildman–Crippen LogP) is 4.60. The molecule has 2 aromatic rings. The fraction of sp³-hybridized carbons (Fsp3) is 0.375. The topological polar surface area (TPSA) is 49.8 Å². The summed E-state index contributed by atoms with van der Waals surface area (Å²) in [5.41, 5.74) is 0.711. The SMILES string of the molecule is CCNc1cc(Nc2ccccc2Cl)nc(C(C)(C)C)n1. The van der Waals surface area contributed by atoms with E-state index in [1.807, 2.05) is 37.3 Å². The molecule has 2 rings (SSSR count). The highest BCUT2D eigenvalue weighted by molar-refractivity contribution is 6.33. The van der Waals surface area contributed by atoms with Crippen molar-refractivity contribution in [2.75, 3.05) is 17.2 Å². The van der Waals surface area contributed by atoms with Crippen LogP contribution in [-0.4, -0.2) is 16.5 Å². The summed E-state index contributed by atoms with van der Waals surface area (Å²) in [6.07, 6.45) is 0. The monoisotopic (exact) mass is 304 g/mol. The van der Waals surface area contributed by atoms with Crippen LogP contribution in [0.25, 0.3) is 0 Å². The highest BCUT2D eigenvalue weighted by Crippen LogP contribution is 2.27. The zero-order valence-electron chi connectivity index (χ0n) is 12.9. The Balaban J connectivity index is 2.38. The van der Waals surface area contributed by atoms with E-state index in [1.165, 1.54) is 0 Å². The van der Waals surface area contributed by atoms with Crippen molar-refractivity contribution in [2.45, 2.75) is 33.1 Å². The van der Waals surface area contributed by atoms with Crippen LogP contribution in [0.3, 0.4) is 0 Å². The smallest absolute Gasteiger partial charge is 0.138 e. The number of aromatic nitrogens is 2. The molecule has 0 amide bonds. The van der Waals surface area contributed by atoms with Gasteiger partial charge in [0.2, 0.25) is 0 Å². The van der Waals surface area contributed by atoms with Crippen molar-refractivity contribution in [3.63, 3.8) is 0 Å². The van der Waals surface area contributed by atoms with E-state index in [0.29, 0.717) is 5.02 Å². The van der Waals surface area contributed by atoms with Crippen LogP contribution in [-0.2, 0) is 5.41 Å². The summed E-state index contributed by atoms with van der Waals surface area (Å²) < 4.78 is 0. The van der Waals surface area contributed by atoms with Gasteiger partial charge in [-0.05, 0) is 19.1 Å². The average molecular weight is 305 g/mol. The third-order valence-corrected chi connectivity index (χ3v) is 3.22. The van der Waals surface area contributed by atoms with Crippen LogP contribution < -0.4 is 10.6 Å². The van der Waals surface area contributed by atoms with Gasteiger partial charge in [-0.15, -0.1) is 0 Å². The van der Waals surface area contributed by atoms with Gasteiger partial charge >= 0.3 is 0 Å². The van der Waals surface area contributed by atoms with Crippen LogP contribution in [0.5, 0.6) is 0 Å². The molecule has 0 saturated carbocycles. The standard InChI is InChI=1S/C16H21ClN4/c1-5-18-13-10-14(21-15(20-13)16(2,3)4)19-12-9-7-6-8-11(12)17/h6-10H,5H2,1-4H3,(H2,18,19,20,21). The average Bonchev–Trinajstić information content (AvgIpc) is 2.41. The lowest BCUT2D eigenvalue weighted by Crippen LogP contribution is -2.18. The first-order valence-corrected chi connectivity index (χ1v) is 7.43. The summed E-state index contributed by atoms with van der Waals surface area (Å²) in [6, 6.07) is 9.50. The maximum atomic E-state index is 6.18. The van der Waals surface area contributed by atoms with E-state index in [-0.39, 0.29) is 5.41 Å². The van der Waals surface area contributed by atoms with Gasteiger partial charge in [0.1, 0.15) is 17.5 Å². The first kappa shape index (κ1) is 15.6. The Morgan fingerprint density at radius 3 is 2.38 bits per heavy atom. The molecule has 0 bridgehead atoms. The number of benzene rings is 1. The number of nitrogens with one attached hydrogen (secondary N) is 2. The summed E-state index contributed by atoms with van der Waals surface area (Å²) in [5.74, 6) is 2.33. The first-order valence-electron chi connectivity index (χ1n) is 7.05. The molecule has 0 atom stereocenters. The Kier molecular flexibility index (Phi) is 4.68. The largest absolute Gasteiger partial charge is 0.370 e. The van der Waals surface area contributed by atoms with Crippen LogP contribution >= 0.6 is 11.6 Å². The van der Waals surface area contributed by atoms with E-state index in [1.54, 1.807) is 0 Å². The number of rotatable bonds is 4. The van der Waals surface area contributed by atoms with Crippen LogP contribution in [0.15, 0.2) is 30.3 Å². The highest BCUT2D eigenvalue weighted by atomic mass is 35.5. The Morgan fingerprint density at radius 1 is 1.10 bits per heavy atom. The summed E-state index contributed by atoms with van der Waals surface area (Å²) >= 11 is 6.18. The molecule has 1 heterocycles. The number of nitrogens with zero attached hydrogens (tertiary/aromatic N) is 2. The van der Waals surface area contributed by atoms with Gasteiger partial charge < -0.3 is 10.6 Å². The Bertz CT molecular complexity index is 620. The maximum Gasteiger partial charge on any atom is 0.138 e. The van der Waals surface area contributed by atoms with Crippen LogP contribution in [0.2, 0.25) is 5.02 Å². The molecule has 0 radical (unpaired) electrons. The third kappa shape index (κ3) is 4.08. The van der Waals surface area contributed by atoms with Crippen molar-refractivity contribution >= 4 is 28.9 Å². The second kappa shape index (κ2) is 6.31. The van der Waals surface area contributed by atoms with Crippen LogP contribution in [0.4, 0.5) is 17.3 Å². The number of halogens is 1. The summed E-state index contributed by atoms with van der Waals surface area (Å²) in [4.78, 5) is 9.17. The van der Waals surface area contributed by atoms with Crippen LogP contribution in [0, 0.1) is 0 Å². The Hall–Kier alpha value is -1.81. The van der Waals surface area contributed by atoms with Crippen molar-refractivity contribution in [3.8, 4) is 0 Å². The Morgan fingerprint density at radius 2 is 1.76 bits per heavy atom. The molecule has 0 spiro atoms. The molecule has 5 heteroatoms. The van der Waals surface area contributed by atoms with Gasteiger partial charge in [-0.1, -0.05) is 44.5 Å². The lowest BCUT2D eigenvalue weighted by atomic mass is 9.96. The number of para-hydroxylation sites is 1. The van der Waals surface area contributed by atoms with Crippen LogP contribution in [0.1, 0.15) is 33.5 Å². The molecule has 4 nitrogen and oxygen atoms in total. The number of hydrogen-bond acceptors (Lipinski definition) is 4. The fourth-order valence-electron chi connectivity index (χ4n) is 1.82. The van der Waals surface area contributed by atoms with E-state index >= 15 is 0 Å². The lowest BCUT2D eigenvalue weighted by molar-refractivity contribution is 0.547. The zero-order valence-corrected chi connectivity index (χ0v) is 13.6. The summed E-state index contributed by atoms with van der Waals surface area (Å²) in [5, 5.41) is 7.16. The quantitative estimate of drug-likeness (QED) is 0.866. The third-order valence-electron chi connectivity index (χ3n) is 2.89. The highest BCUT2D eigenvalue weighted by Gasteiger charge is 2.19. The van der Waals surface area contributed by atoms with Crippen molar-refractivity contribution in [1.29, 1.82) is 0 Å². The van der Waals surface area contributed by atoms with E-state index in [0.717, 1.165) is 29.7 Å². The molecule has 0 aliphatic carbocycles. The van der Waals surface area contributed by atoms with Gasteiger partial charge in [0, 0.05) is 18.0 Å². The minimum Gasteiger partial charge on any atom is -0.370 e. The van der Waals surface area contributed by atoms with Gasteiger partial charge in [-0.3, -0.25) is 0 Å². The second-order valence-corrected chi connectivity index (χ2v) is 6.25. The van der Waals surface area contributed by atoms with Gasteiger partial charge in [0.05, 0.1) is 10.7 Å². The molecular formula is C16H21ClN4. The fourth-order valence-corrected chi connectivity index (χ4v) is 2.00. The first-order chi connectivity index (χ1) is 9.90. The van der Waals surface area contributed by atoms with Crippen molar-refractivity contribution in [3.05, 3.63) is 41.2 Å². The summed E-state index contributed by atoms with van der Waals surface area (Å²) in [6.45, 7) is 9.14. The molecule has 21 heavy (non-hydrogen) atoms. The molecule has 0 saturated heterocycles. The van der Waals surface area contributed by atoms with E-state index in [9.17, 15) is 0 Å². The Labute approximate surface area is 131 Å². The lowest BCUT2D eigenvalue weighted by Gasteiger charge is -2.19. The summed E-state index contributed by atoms with van der Waals surface area (Å²) in [7, 11) is 0. The maximum absolute atomic E-state index is 6.18. The zero-order chi connectivity index (χ0) is 15.5. The predicted molar refractivity (Wildman–Crippen MR) is 89.6 cm³/mol. The van der Waals surface area contributed by atoms with Crippen molar-refractivity contribution in [2.24, 2.45) is 0 Å². The van der Waals surface area contributed by atoms with Crippen molar-refractivity contribution < 1.29 is 0 Å². The minimum absolute atomic E-state index is 0.123. The van der Waals surface area contributed by atoms with E-state index in [4.69, 9.17) is 11.6 Å². The molecule has 0 aliphatic rings. The molecular weight excluding hydrogens is 284 g/mol. The second-order valence-electron chi connectivity index (χ2n) is 5.85. The van der Waals surface area contributed by atoms with Gasteiger partial charge in [-0.2, -0.15) is 0 Å². The molecule has 112 valence electrons. The molecule has 0 unspecified atom stereocenters.